The molecular formula is C13H23NO. The highest BCUT2D eigenvalue weighted by atomic mass is 16.1. The third kappa shape index (κ3) is 2.81. The van der Waals surface area contributed by atoms with Gasteiger partial charge in [0.05, 0.1) is 0 Å². The van der Waals surface area contributed by atoms with E-state index in [1.807, 2.05) is 0 Å². The van der Waals surface area contributed by atoms with Gasteiger partial charge in [-0.25, -0.2) is 0 Å². The lowest BCUT2D eigenvalue weighted by Gasteiger charge is -2.38. The summed E-state index contributed by atoms with van der Waals surface area (Å²) in [7, 11) is 0. The van der Waals surface area contributed by atoms with Gasteiger partial charge in [-0.1, -0.05) is 19.3 Å². The molecule has 15 heavy (non-hydrogen) atoms. The molecule has 1 aliphatic carbocycles. The Morgan fingerprint density at radius 3 is 2.33 bits per heavy atom. The smallest absolute Gasteiger partial charge is 0.135 e. The Labute approximate surface area is 93.0 Å². The molecule has 86 valence electrons. The second-order valence-corrected chi connectivity index (χ2v) is 5.21. The van der Waals surface area contributed by atoms with Gasteiger partial charge in [0.1, 0.15) is 5.78 Å². The molecule has 0 bridgehead atoms. The Morgan fingerprint density at radius 2 is 1.73 bits per heavy atom. The van der Waals surface area contributed by atoms with Crippen LogP contribution in [0.5, 0.6) is 0 Å². The fourth-order valence-electron chi connectivity index (χ4n) is 3.10. The van der Waals surface area contributed by atoms with Crippen LogP contribution in [0.25, 0.3) is 0 Å². The highest BCUT2D eigenvalue weighted by Crippen LogP contribution is 2.29. The first kappa shape index (κ1) is 11.1. The minimum atomic E-state index is 0.460. The van der Waals surface area contributed by atoms with Crippen LogP contribution >= 0.6 is 0 Å². The Hall–Kier alpha value is -0.370. The molecule has 2 rings (SSSR count). The van der Waals surface area contributed by atoms with E-state index in [0.717, 1.165) is 31.8 Å². The van der Waals surface area contributed by atoms with Crippen molar-refractivity contribution in [3.8, 4) is 0 Å². The van der Waals surface area contributed by atoms with Crippen molar-refractivity contribution in [2.45, 2.75) is 57.9 Å². The van der Waals surface area contributed by atoms with Crippen LogP contribution in [0.4, 0.5) is 0 Å². The largest absolute Gasteiger partial charge is 0.300 e. The number of hydrogen-bond donors (Lipinski definition) is 0. The van der Waals surface area contributed by atoms with Crippen molar-refractivity contribution in [1.29, 1.82) is 0 Å². The van der Waals surface area contributed by atoms with Crippen molar-refractivity contribution in [3.05, 3.63) is 0 Å². The van der Waals surface area contributed by atoms with Gasteiger partial charge in [-0.3, -0.25) is 9.69 Å². The van der Waals surface area contributed by atoms with E-state index in [2.05, 4.69) is 11.8 Å². The van der Waals surface area contributed by atoms with E-state index in [1.54, 1.807) is 0 Å². The lowest BCUT2D eigenvalue weighted by molar-refractivity contribution is -0.122. The summed E-state index contributed by atoms with van der Waals surface area (Å²) >= 11 is 0. The van der Waals surface area contributed by atoms with Gasteiger partial charge in [0, 0.05) is 32.0 Å². The number of ketones is 1. The van der Waals surface area contributed by atoms with Gasteiger partial charge >= 0.3 is 0 Å². The Balaban J connectivity index is 1.83. The number of hydrogen-bond acceptors (Lipinski definition) is 2. The third-order valence-corrected chi connectivity index (χ3v) is 4.26. The number of piperidine rings is 1. The average Bonchev–Trinajstić information content (AvgIpc) is 2.30. The van der Waals surface area contributed by atoms with Crippen LogP contribution in [-0.2, 0) is 4.79 Å². The second-order valence-electron chi connectivity index (χ2n) is 5.21. The summed E-state index contributed by atoms with van der Waals surface area (Å²) in [6, 6.07) is 0.707. The number of nitrogens with zero attached hydrogens (tertiary/aromatic N) is 1. The molecule has 1 aliphatic heterocycles. The van der Waals surface area contributed by atoms with E-state index in [0.29, 0.717) is 11.8 Å². The molecular weight excluding hydrogens is 186 g/mol. The zero-order chi connectivity index (χ0) is 10.7. The predicted molar refractivity (Wildman–Crippen MR) is 61.9 cm³/mol. The minimum Gasteiger partial charge on any atom is -0.300 e. The highest BCUT2D eigenvalue weighted by molar-refractivity contribution is 5.79. The van der Waals surface area contributed by atoms with Crippen LogP contribution in [0.3, 0.4) is 0 Å². The Bertz CT molecular complexity index is 211. The van der Waals surface area contributed by atoms with Gasteiger partial charge in [-0.15, -0.1) is 0 Å². The van der Waals surface area contributed by atoms with E-state index in [-0.39, 0.29) is 0 Å². The monoisotopic (exact) mass is 209 g/mol. The Morgan fingerprint density at radius 1 is 1.13 bits per heavy atom. The van der Waals surface area contributed by atoms with Crippen molar-refractivity contribution in [3.63, 3.8) is 0 Å². The maximum Gasteiger partial charge on any atom is 0.135 e. The van der Waals surface area contributed by atoms with Crippen LogP contribution in [0, 0.1) is 5.92 Å². The molecule has 1 saturated heterocycles. The number of rotatable bonds is 2. The molecule has 0 amide bonds. The summed E-state index contributed by atoms with van der Waals surface area (Å²) in [4.78, 5) is 13.7. The normalized spacial score (nSPS) is 27.9. The average molecular weight is 209 g/mol. The van der Waals surface area contributed by atoms with Gasteiger partial charge in [0.2, 0.25) is 0 Å². The summed E-state index contributed by atoms with van der Waals surface area (Å²) in [6.07, 6.45) is 8.66. The Kier molecular flexibility index (Phi) is 3.79. The fraction of sp³-hybridized carbons (Fsp3) is 0.923. The molecule has 0 aromatic heterocycles. The maximum atomic E-state index is 11.2. The number of carbonyl (C=O) groups excluding carboxylic acids is 1. The van der Waals surface area contributed by atoms with E-state index < -0.39 is 0 Å². The summed E-state index contributed by atoms with van der Waals surface area (Å²) in [5.74, 6) is 1.36. The predicted octanol–water partition coefficient (Wildman–Crippen LogP) is 2.62. The quantitative estimate of drug-likeness (QED) is 0.697. The summed E-state index contributed by atoms with van der Waals surface area (Å²) in [6.45, 7) is 4.39. The fourth-order valence-corrected chi connectivity index (χ4v) is 3.10. The SMILES string of the molecule is C[C@H](C1CCCCC1)N1CCC(=O)CC1. The molecule has 2 nitrogen and oxygen atoms in total. The van der Waals surface area contributed by atoms with E-state index in [4.69, 9.17) is 0 Å². The highest BCUT2D eigenvalue weighted by Gasteiger charge is 2.27. The second kappa shape index (κ2) is 5.11. The topological polar surface area (TPSA) is 20.3 Å². The first-order valence-corrected chi connectivity index (χ1v) is 6.53. The molecule has 1 atom stereocenters. The molecule has 0 spiro atoms. The molecule has 2 aliphatic rings. The zero-order valence-electron chi connectivity index (χ0n) is 9.87. The summed E-state index contributed by atoms with van der Waals surface area (Å²) in [5.41, 5.74) is 0. The lowest BCUT2D eigenvalue weighted by Crippen LogP contribution is -2.44. The van der Waals surface area contributed by atoms with E-state index >= 15 is 0 Å². The molecule has 2 fully saturated rings. The van der Waals surface area contributed by atoms with E-state index in [1.165, 1.54) is 32.1 Å². The van der Waals surface area contributed by atoms with Gasteiger partial charge in [-0.2, -0.15) is 0 Å². The van der Waals surface area contributed by atoms with Crippen LogP contribution in [0.2, 0.25) is 0 Å². The molecule has 1 saturated carbocycles. The molecule has 2 heteroatoms. The molecule has 0 N–H and O–H groups in total. The minimum absolute atomic E-state index is 0.460. The van der Waals surface area contributed by atoms with Crippen molar-refractivity contribution in [1.82, 2.24) is 4.90 Å². The van der Waals surface area contributed by atoms with Crippen molar-refractivity contribution >= 4 is 5.78 Å². The van der Waals surface area contributed by atoms with Gasteiger partial charge in [0.25, 0.3) is 0 Å². The van der Waals surface area contributed by atoms with Crippen LogP contribution in [0.15, 0.2) is 0 Å². The zero-order valence-corrected chi connectivity index (χ0v) is 9.87. The lowest BCUT2D eigenvalue weighted by atomic mass is 9.83. The summed E-state index contributed by atoms with van der Waals surface area (Å²) < 4.78 is 0. The first-order valence-electron chi connectivity index (χ1n) is 6.53. The van der Waals surface area contributed by atoms with E-state index in [9.17, 15) is 4.79 Å². The van der Waals surface area contributed by atoms with Gasteiger partial charge in [-0.05, 0) is 25.7 Å². The standard InChI is InChI=1S/C13H23NO/c1-11(12-5-3-2-4-6-12)14-9-7-13(15)8-10-14/h11-12H,2-10H2,1H3/t11-/m1/s1. The van der Waals surface area contributed by atoms with Gasteiger partial charge in [0.15, 0.2) is 0 Å². The van der Waals surface area contributed by atoms with Crippen molar-refractivity contribution < 1.29 is 4.79 Å². The molecule has 1 heterocycles. The van der Waals surface area contributed by atoms with Crippen LogP contribution in [-0.4, -0.2) is 29.8 Å². The van der Waals surface area contributed by atoms with Crippen LogP contribution < -0.4 is 0 Å². The molecule has 0 aromatic carbocycles. The number of likely N-dealkylation sites (tertiary alicyclic amines) is 1. The molecule has 0 unspecified atom stereocenters. The molecule has 0 aromatic rings. The van der Waals surface area contributed by atoms with Crippen LogP contribution in [0.1, 0.15) is 51.9 Å². The number of Topliss-reactive ketones (excluding diaryl/α,β-unsaturated/α-hetero) is 1. The third-order valence-electron chi connectivity index (χ3n) is 4.26. The van der Waals surface area contributed by atoms with Crippen molar-refractivity contribution in [2.24, 2.45) is 5.92 Å². The van der Waals surface area contributed by atoms with Crippen molar-refractivity contribution in [2.75, 3.05) is 13.1 Å². The summed E-state index contributed by atoms with van der Waals surface area (Å²) in [5, 5.41) is 0. The number of carbonyl (C=O) groups is 1. The van der Waals surface area contributed by atoms with Gasteiger partial charge < -0.3 is 0 Å². The first-order chi connectivity index (χ1) is 7.27. The maximum absolute atomic E-state index is 11.2. The molecule has 0 radical (unpaired) electrons.